The molecule has 1 N–H and O–H groups in total. The Kier molecular flexibility index (Phi) is 6.63. The first kappa shape index (κ1) is 24.9. The normalized spacial score (nSPS) is 21.9. The van der Waals surface area contributed by atoms with Crippen molar-refractivity contribution in [3.8, 4) is 11.5 Å². The molecule has 0 unspecified atom stereocenters. The number of aryl methyl sites for hydroxylation is 2. The van der Waals surface area contributed by atoms with E-state index in [1.165, 1.54) is 0 Å². The van der Waals surface area contributed by atoms with Crippen molar-refractivity contribution in [3.63, 3.8) is 0 Å². The summed E-state index contributed by atoms with van der Waals surface area (Å²) in [6.07, 6.45) is -1.03. The molecule has 7 nitrogen and oxygen atoms in total. The zero-order valence-corrected chi connectivity index (χ0v) is 20.5. The van der Waals surface area contributed by atoms with Crippen molar-refractivity contribution < 1.29 is 26.8 Å². The molecule has 4 heterocycles. The van der Waals surface area contributed by atoms with Crippen LogP contribution in [0.5, 0.6) is 0 Å². The molecule has 2 fully saturated rings. The average molecular weight is 508 g/mol. The summed E-state index contributed by atoms with van der Waals surface area (Å²) in [6.45, 7) is 7.55. The fraction of sp³-hybridized carbons (Fsp3) is 0.560. The SMILES string of the molecule is Cc1noc(-c2c(N3CC[C@@H](NC4CCOCC4)C[C@H]3C)nc3c(F)cc(C(F)(F)F)cc3c2C)n1. The molecule has 2 aliphatic rings. The molecule has 2 aromatic heterocycles. The topological polar surface area (TPSA) is 76.3 Å². The average Bonchev–Trinajstić information content (AvgIpc) is 3.25. The minimum atomic E-state index is -4.69. The Balaban J connectivity index is 1.55. The molecule has 0 amide bonds. The highest BCUT2D eigenvalue weighted by Gasteiger charge is 2.35. The van der Waals surface area contributed by atoms with Crippen LogP contribution in [-0.2, 0) is 10.9 Å². The zero-order valence-electron chi connectivity index (χ0n) is 20.5. The first-order valence-electron chi connectivity index (χ1n) is 12.2. The van der Waals surface area contributed by atoms with Crippen molar-refractivity contribution in [1.29, 1.82) is 0 Å². The number of anilines is 1. The fourth-order valence-corrected chi connectivity index (χ4v) is 5.32. The second-order valence-corrected chi connectivity index (χ2v) is 9.75. The fourth-order valence-electron chi connectivity index (χ4n) is 5.32. The highest BCUT2D eigenvalue weighted by Crippen LogP contribution is 2.41. The van der Waals surface area contributed by atoms with Gasteiger partial charge in [-0.25, -0.2) is 9.37 Å². The number of halogens is 4. The summed E-state index contributed by atoms with van der Waals surface area (Å²) in [6, 6.07) is 2.23. The number of fused-ring (bicyclic) bond motifs is 1. The van der Waals surface area contributed by atoms with E-state index < -0.39 is 17.6 Å². The van der Waals surface area contributed by atoms with Crippen LogP contribution in [0.1, 0.15) is 49.6 Å². The molecule has 11 heteroatoms. The Bertz CT molecular complexity index is 1260. The van der Waals surface area contributed by atoms with E-state index in [2.05, 4.69) is 32.3 Å². The van der Waals surface area contributed by atoms with Crippen molar-refractivity contribution in [2.24, 2.45) is 0 Å². The van der Waals surface area contributed by atoms with Crippen LogP contribution in [0.25, 0.3) is 22.4 Å². The summed E-state index contributed by atoms with van der Waals surface area (Å²) in [4.78, 5) is 11.0. The lowest BCUT2D eigenvalue weighted by Gasteiger charge is -2.41. The largest absolute Gasteiger partial charge is 0.416 e. The quantitative estimate of drug-likeness (QED) is 0.488. The van der Waals surface area contributed by atoms with Gasteiger partial charge in [0.2, 0.25) is 0 Å². The molecule has 0 spiro atoms. The van der Waals surface area contributed by atoms with Crippen molar-refractivity contribution in [2.75, 3.05) is 24.7 Å². The number of nitrogens with zero attached hydrogens (tertiary/aromatic N) is 4. The second kappa shape index (κ2) is 9.59. The molecule has 2 aliphatic heterocycles. The number of alkyl halides is 3. The third kappa shape index (κ3) is 4.78. The van der Waals surface area contributed by atoms with Gasteiger partial charge in [0, 0.05) is 43.3 Å². The number of hydrogen-bond acceptors (Lipinski definition) is 7. The highest BCUT2D eigenvalue weighted by atomic mass is 19.4. The van der Waals surface area contributed by atoms with Gasteiger partial charge in [0.25, 0.3) is 5.89 Å². The van der Waals surface area contributed by atoms with E-state index in [0.717, 1.165) is 45.0 Å². The van der Waals surface area contributed by atoms with E-state index in [1.807, 2.05) is 0 Å². The molecule has 0 aliphatic carbocycles. The molecule has 0 radical (unpaired) electrons. The molecule has 5 rings (SSSR count). The first-order chi connectivity index (χ1) is 17.1. The smallest absolute Gasteiger partial charge is 0.381 e. The van der Waals surface area contributed by atoms with Crippen LogP contribution in [-0.4, -0.2) is 53.0 Å². The number of hydrogen-bond donors (Lipinski definition) is 1. The molecule has 0 saturated carbocycles. The molecule has 2 saturated heterocycles. The van der Waals surface area contributed by atoms with Crippen LogP contribution in [0.2, 0.25) is 0 Å². The van der Waals surface area contributed by atoms with Gasteiger partial charge in [0.15, 0.2) is 5.82 Å². The molecule has 3 aromatic rings. The molecule has 1 aromatic carbocycles. The Morgan fingerprint density at radius 3 is 2.44 bits per heavy atom. The van der Waals surface area contributed by atoms with Gasteiger partial charge in [-0.05, 0) is 64.2 Å². The Morgan fingerprint density at radius 2 is 1.81 bits per heavy atom. The van der Waals surface area contributed by atoms with Crippen molar-refractivity contribution in [1.82, 2.24) is 20.4 Å². The van der Waals surface area contributed by atoms with Gasteiger partial charge >= 0.3 is 6.18 Å². The zero-order chi connectivity index (χ0) is 25.6. The van der Waals surface area contributed by atoms with Gasteiger partial charge in [-0.15, -0.1) is 0 Å². The van der Waals surface area contributed by atoms with Gasteiger partial charge < -0.3 is 19.5 Å². The number of benzene rings is 1. The Hall–Kier alpha value is -2.79. The lowest BCUT2D eigenvalue weighted by atomic mass is 9.94. The van der Waals surface area contributed by atoms with E-state index in [-0.39, 0.29) is 22.8 Å². The summed E-state index contributed by atoms with van der Waals surface area (Å²) in [5.74, 6) is -0.0274. The van der Waals surface area contributed by atoms with Crippen molar-refractivity contribution >= 4 is 16.7 Å². The van der Waals surface area contributed by atoms with Gasteiger partial charge in [0.05, 0.1) is 11.1 Å². The van der Waals surface area contributed by atoms with Gasteiger partial charge in [-0.2, -0.15) is 18.2 Å². The molecule has 2 atom stereocenters. The number of pyridine rings is 1. The minimum Gasteiger partial charge on any atom is -0.381 e. The van der Waals surface area contributed by atoms with E-state index >= 15 is 4.39 Å². The third-order valence-corrected chi connectivity index (χ3v) is 7.19. The summed E-state index contributed by atoms with van der Waals surface area (Å²) in [7, 11) is 0. The van der Waals surface area contributed by atoms with Crippen LogP contribution in [0.3, 0.4) is 0 Å². The van der Waals surface area contributed by atoms with Crippen LogP contribution >= 0.6 is 0 Å². The summed E-state index contributed by atoms with van der Waals surface area (Å²) >= 11 is 0. The summed E-state index contributed by atoms with van der Waals surface area (Å²) < 4.78 is 66.2. The molecule has 194 valence electrons. The first-order valence-corrected chi connectivity index (χ1v) is 12.2. The summed E-state index contributed by atoms with van der Waals surface area (Å²) in [5, 5.41) is 7.68. The van der Waals surface area contributed by atoms with Gasteiger partial charge in [0.1, 0.15) is 17.2 Å². The second-order valence-electron chi connectivity index (χ2n) is 9.75. The molecule has 36 heavy (non-hydrogen) atoms. The number of aromatic nitrogens is 3. The maximum atomic E-state index is 15.0. The third-order valence-electron chi connectivity index (χ3n) is 7.19. The van der Waals surface area contributed by atoms with Crippen LogP contribution in [0.15, 0.2) is 16.7 Å². The lowest BCUT2D eigenvalue weighted by Crippen LogP contribution is -2.51. The van der Waals surface area contributed by atoms with Gasteiger partial charge in [-0.3, -0.25) is 0 Å². The Morgan fingerprint density at radius 1 is 1.06 bits per heavy atom. The van der Waals surface area contributed by atoms with E-state index in [9.17, 15) is 13.2 Å². The maximum absolute atomic E-state index is 15.0. The molecular formula is C25H29F4N5O2. The predicted octanol–water partition coefficient (Wildman–Crippen LogP) is 5.19. The predicted molar refractivity (Wildman–Crippen MR) is 126 cm³/mol. The number of nitrogens with one attached hydrogen (secondary N) is 1. The summed E-state index contributed by atoms with van der Waals surface area (Å²) in [5.41, 5.74) is -0.320. The van der Waals surface area contributed by atoms with Gasteiger partial charge in [-0.1, -0.05) is 5.16 Å². The molecule has 0 bridgehead atoms. The van der Waals surface area contributed by atoms with Crippen molar-refractivity contribution in [3.05, 3.63) is 34.9 Å². The van der Waals surface area contributed by atoms with E-state index in [0.29, 0.717) is 47.5 Å². The minimum absolute atomic E-state index is 0.0423. The van der Waals surface area contributed by atoms with E-state index in [4.69, 9.17) is 9.26 Å². The maximum Gasteiger partial charge on any atom is 0.416 e. The van der Waals surface area contributed by atoms with Crippen LogP contribution in [0.4, 0.5) is 23.4 Å². The number of rotatable bonds is 4. The van der Waals surface area contributed by atoms with Crippen molar-refractivity contribution in [2.45, 2.75) is 70.8 Å². The van der Waals surface area contributed by atoms with E-state index in [1.54, 1.807) is 13.8 Å². The van der Waals surface area contributed by atoms with Crippen LogP contribution in [0, 0.1) is 19.7 Å². The number of ether oxygens (including phenoxy) is 1. The van der Waals surface area contributed by atoms with Crippen LogP contribution < -0.4 is 10.2 Å². The Labute approximate surface area is 206 Å². The monoisotopic (exact) mass is 507 g/mol. The number of piperidine rings is 1. The molecular weight excluding hydrogens is 478 g/mol. The standard InChI is InChI=1S/C25H29F4N5O2/c1-13-10-18(31-17-5-8-35-9-6-17)4-7-34(13)23-21(24-30-15(3)33-36-24)14(2)19-11-16(25(27,28)29)12-20(26)22(19)32-23/h11-13,17-18,31H,4-10H2,1-3H3/t13-,18-/m1/s1. The lowest BCUT2D eigenvalue weighted by molar-refractivity contribution is -0.137. The highest BCUT2D eigenvalue weighted by molar-refractivity contribution is 5.93.